The Morgan fingerprint density at radius 1 is 0.964 bits per heavy atom. The average molecular weight is 409 g/mol. The monoisotopic (exact) mass is 408 g/mol. The largest absolute Gasteiger partial charge is 0.449 e. The van der Waals surface area contributed by atoms with Crippen molar-refractivity contribution in [3.8, 4) is 0 Å². The molecule has 0 aromatic heterocycles. The lowest BCUT2D eigenvalue weighted by Gasteiger charge is -2.24. The van der Waals surface area contributed by atoms with Crippen molar-refractivity contribution in [2.24, 2.45) is 0 Å². The molecule has 2 heterocycles. The van der Waals surface area contributed by atoms with Crippen LogP contribution in [-0.4, -0.2) is 61.8 Å². The highest BCUT2D eigenvalue weighted by Crippen LogP contribution is 2.22. The van der Waals surface area contributed by atoms with E-state index in [1.54, 1.807) is 11.8 Å². The summed E-state index contributed by atoms with van der Waals surface area (Å²) in [5, 5.41) is 0. The molecule has 2 aliphatic heterocycles. The van der Waals surface area contributed by atoms with Gasteiger partial charge in [-0.2, -0.15) is 4.31 Å². The van der Waals surface area contributed by atoms with E-state index in [-0.39, 0.29) is 16.4 Å². The zero-order chi connectivity index (χ0) is 20.1. The Kier molecular flexibility index (Phi) is 6.72. The predicted octanol–water partition coefficient (Wildman–Crippen LogP) is 2.42. The predicted molar refractivity (Wildman–Crippen MR) is 104 cm³/mol. The van der Waals surface area contributed by atoms with Crippen molar-refractivity contribution in [1.82, 2.24) is 9.21 Å². The molecule has 3 rings (SSSR count). The van der Waals surface area contributed by atoms with Gasteiger partial charge in [-0.05, 0) is 50.8 Å². The SMILES string of the molecule is C[C@@H](OC(=O)c1cccc(S(=O)(=O)N2CCCC2)c1)C(=O)N1CCCCCC1. The number of esters is 1. The summed E-state index contributed by atoms with van der Waals surface area (Å²) >= 11 is 0. The van der Waals surface area contributed by atoms with Crippen LogP contribution < -0.4 is 0 Å². The molecule has 0 spiro atoms. The summed E-state index contributed by atoms with van der Waals surface area (Å²) in [5.41, 5.74) is 0.135. The summed E-state index contributed by atoms with van der Waals surface area (Å²) in [6, 6.07) is 5.85. The van der Waals surface area contributed by atoms with Crippen molar-refractivity contribution in [3.63, 3.8) is 0 Å². The van der Waals surface area contributed by atoms with E-state index < -0.39 is 22.1 Å². The fraction of sp³-hybridized carbons (Fsp3) is 0.600. The topological polar surface area (TPSA) is 84.0 Å². The molecule has 1 aromatic rings. The number of hydrogen-bond donors (Lipinski definition) is 0. The minimum atomic E-state index is -3.61. The van der Waals surface area contributed by atoms with Gasteiger partial charge in [0.2, 0.25) is 10.0 Å². The summed E-state index contributed by atoms with van der Waals surface area (Å²) < 4.78 is 32.2. The van der Waals surface area contributed by atoms with Crippen molar-refractivity contribution in [2.75, 3.05) is 26.2 Å². The number of sulfonamides is 1. The third kappa shape index (κ3) is 4.72. The fourth-order valence-corrected chi connectivity index (χ4v) is 5.25. The van der Waals surface area contributed by atoms with Crippen molar-refractivity contribution in [1.29, 1.82) is 0 Å². The van der Waals surface area contributed by atoms with Gasteiger partial charge in [-0.1, -0.05) is 18.9 Å². The van der Waals surface area contributed by atoms with Crippen molar-refractivity contribution in [3.05, 3.63) is 29.8 Å². The molecule has 1 aromatic carbocycles. The Morgan fingerprint density at radius 3 is 2.21 bits per heavy atom. The molecule has 2 fully saturated rings. The van der Waals surface area contributed by atoms with Gasteiger partial charge in [0.15, 0.2) is 6.10 Å². The Balaban J connectivity index is 1.68. The smallest absolute Gasteiger partial charge is 0.338 e. The van der Waals surface area contributed by atoms with E-state index in [0.717, 1.165) is 38.5 Å². The van der Waals surface area contributed by atoms with E-state index in [1.165, 1.54) is 28.6 Å². The van der Waals surface area contributed by atoms with Gasteiger partial charge in [0.05, 0.1) is 10.5 Å². The van der Waals surface area contributed by atoms with E-state index in [9.17, 15) is 18.0 Å². The first-order valence-electron chi connectivity index (χ1n) is 9.99. The van der Waals surface area contributed by atoms with Crippen LogP contribution in [0, 0.1) is 0 Å². The summed E-state index contributed by atoms with van der Waals surface area (Å²) in [4.78, 5) is 26.9. The van der Waals surface area contributed by atoms with Crippen LogP contribution in [0.25, 0.3) is 0 Å². The van der Waals surface area contributed by atoms with Crippen LogP contribution in [-0.2, 0) is 19.6 Å². The first-order valence-corrected chi connectivity index (χ1v) is 11.4. The van der Waals surface area contributed by atoms with E-state index in [4.69, 9.17) is 4.74 Å². The molecule has 8 heteroatoms. The van der Waals surface area contributed by atoms with Gasteiger partial charge in [-0.25, -0.2) is 13.2 Å². The molecule has 154 valence electrons. The number of carbonyl (C=O) groups is 2. The van der Waals surface area contributed by atoms with Crippen LogP contribution in [0.3, 0.4) is 0 Å². The maximum absolute atomic E-state index is 12.7. The number of amides is 1. The van der Waals surface area contributed by atoms with Crippen LogP contribution >= 0.6 is 0 Å². The first kappa shape index (κ1) is 20.8. The number of likely N-dealkylation sites (tertiary alicyclic amines) is 1. The van der Waals surface area contributed by atoms with E-state index >= 15 is 0 Å². The quantitative estimate of drug-likeness (QED) is 0.699. The first-order chi connectivity index (χ1) is 13.4. The van der Waals surface area contributed by atoms with Gasteiger partial charge in [-0.15, -0.1) is 0 Å². The van der Waals surface area contributed by atoms with Crippen LogP contribution in [0.5, 0.6) is 0 Å². The number of rotatable bonds is 5. The molecule has 1 atom stereocenters. The standard InChI is InChI=1S/C20H28N2O5S/c1-16(19(23)21-11-4-2-3-5-12-21)27-20(24)17-9-8-10-18(15-17)28(25,26)22-13-6-7-14-22/h8-10,15-16H,2-7,11-14H2,1H3/t16-/m1/s1. The molecule has 2 aliphatic rings. The lowest BCUT2D eigenvalue weighted by Crippen LogP contribution is -2.40. The van der Waals surface area contributed by atoms with Crippen molar-refractivity contribution < 1.29 is 22.7 Å². The second kappa shape index (κ2) is 9.05. The third-order valence-corrected chi connectivity index (χ3v) is 7.22. The van der Waals surface area contributed by atoms with E-state index in [1.807, 2.05) is 0 Å². The molecule has 0 N–H and O–H groups in total. The van der Waals surface area contributed by atoms with Crippen molar-refractivity contribution in [2.45, 2.75) is 56.4 Å². The summed E-state index contributed by atoms with van der Waals surface area (Å²) in [5.74, 6) is -0.884. The van der Waals surface area contributed by atoms with Gasteiger partial charge in [-0.3, -0.25) is 4.79 Å². The Labute approximate surface area is 166 Å². The normalized spacial score (nSPS) is 19.8. The molecule has 2 saturated heterocycles. The third-order valence-electron chi connectivity index (χ3n) is 5.32. The number of benzene rings is 1. The van der Waals surface area contributed by atoms with Crippen LogP contribution in [0.15, 0.2) is 29.2 Å². The molecular weight excluding hydrogens is 380 g/mol. The number of carbonyl (C=O) groups excluding carboxylic acids is 2. The summed E-state index contributed by atoms with van der Waals surface area (Å²) in [6.07, 6.45) is 4.93. The highest BCUT2D eigenvalue weighted by molar-refractivity contribution is 7.89. The lowest BCUT2D eigenvalue weighted by molar-refractivity contribution is -0.139. The molecule has 7 nitrogen and oxygen atoms in total. The highest BCUT2D eigenvalue weighted by Gasteiger charge is 2.29. The van der Waals surface area contributed by atoms with E-state index in [2.05, 4.69) is 0 Å². The summed E-state index contributed by atoms with van der Waals surface area (Å²) in [6.45, 7) is 3.93. The zero-order valence-corrected chi connectivity index (χ0v) is 17.1. The number of nitrogens with zero attached hydrogens (tertiary/aromatic N) is 2. The maximum atomic E-state index is 12.7. The molecule has 28 heavy (non-hydrogen) atoms. The van der Waals surface area contributed by atoms with Gasteiger partial charge >= 0.3 is 5.97 Å². The van der Waals surface area contributed by atoms with Crippen molar-refractivity contribution >= 4 is 21.9 Å². The zero-order valence-electron chi connectivity index (χ0n) is 16.3. The Bertz CT molecular complexity index is 810. The van der Waals surface area contributed by atoms with Gasteiger partial charge < -0.3 is 9.64 Å². The van der Waals surface area contributed by atoms with Gasteiger partial charge in [0.25, 0.3) is 5.91 Å². The van der Waals surface area contributed by atoms with Gasteiger partial charge in [0.1, 0.15) is 0 Å². The van der Waals surface area contributed by atoms with Gasteiger partial charge in [0, 0.05) is 26.2 Å². The van der Waals surface area contributed by atoms with E-state index in [0.29, 0.717) is 26.2 Å². The molecule has 1 amide bonds. The Hall–Kier alpha value is -1.93. The second-order valence-electron chi connectivity index (χ2n) is 7.43. The second-order valence-corrected chi connectivity index (χ2v) is 9.36. The molecule has 0 bridgehead atoms. The molecule has 0 radical (unpaired) electrons. The number of hydrogen-bond acceptors (Lipinski definition) is 5. The highest BCUT2D eigenvalue weighted by atomic mass is 32.2. The average Bonchev–Trinajstić information content (AvgIpc) is 3.11. The molecule has 0 unspecified atom stereocenters. The maximum Gasteiger partial charge on any atom is 0.338 e. The molecule has 0 aliphatic carbocycles. The minimum absolute atomic E-state index is 0.0790. The number of ether oxygens (including phenoxy) is 1. The lowest BCUT2D eigenvalue weighted by atomic mass is 10.2. The summed E-state index contributed by atoms with van der Waals surface area (Å²) in [7, 11) is -3.61. The fourth-order valence-electron chi connectivity index (χ4n) is 3.69. The van der Waals surface area contributed by atoms with Crippen LogP contribution in [0.4, 0.5) is 0 Å². The Morgan fingerprint density at radius 2 is 1.57 bits per heavy atom. The molecule has 0 saturated carbocycles. The van der Waals surface area contributed by atoms with Crippen LogP contribution in [0.1, 0.15) is 55.8 Å². The molecular formula is C20H28N2O5S. The van der Waals surface area contributed by atoms with Crippen LogP contribution in [0.2, 0.25) is 0 Å². The minimum Gasteiger partial charge on any atom is -0.449 e.